The summed E-state index contributed by atoms with van der Waals surface area (Å²) in [6.07, 6.45) is 2.62. The van der Waals surface area contributed by atoms with Crippen LogP contribution in [0, 0.1) is 0 Å². The van der Waals surface area contributed by atoms with Crippen molar-refractivity contribution in [2.75, 3.05) is 0 Å². The molecule has 27 heavy (non-hydrogen) atoms. The minimum absolute atomic E-state index is 0.0413. The zero-order valence-electron chi connectivity index (χ0n) is 13.7. The number of ketones is 1. The van der Waals surface area contributed by atoms with Gasteiger partial charge in [0.15, 0.2) is 5.84 Å². The molecule has 1 aliphatic rings. The zero-order chi connectivity index (χ0) is 19.4. The highest BCUT2D eigenvalue weighted by atomic mass is 35.5. The number of allylic oxidation sites excluding steroid dienone is 4. The van der Waals surface area contributed by atoms with Gasteiger partial charge in [-0.1, -0.05) is 71.7 Å². The Morgan fingerprint density at radius 1 is 0.815 bits per heavy atom. The van der Waals surface area contributed by atoms with Crippen molar-refractivity contribution in [3.05, 3.63) is 88.4 Å². The van der Waals surface area contributed by atoms with E-state index in [0.29, 0.717) is 5.56 Å². The van der Waals surface area contributed by atoms with Gasteiger partial charge < -0.3 is 0 Å². The van der Waals surface area contributed by atoms with Crippen LogP contribution in [0.25, 0.3) is 0 Å². The molecular formula is C19H12Cl2N2O3S. The summed E-state index contributed by atoms with van der Waals surface area (Å²) in [5, 5.41) is -0.223. The molecule has 8 heteroatoms. The van der Waals surface area contributed by atoms with Gasteiger partial charge in [-0.05, 0) is 24.3 Å². The Balaban J connectivity index is 2.14. The molecule has 3 rings (SSSR count). The average Bonchev–Trinajstić information content (AvgIpc) is 2.67. The molecule has 0 spiro atoms. The van der Waals surface area contributed by atoms with Crippen LogP contribution >= 0.6 is 23.2 Å². The first-order valence-electron chi connectivity index (χ1n) is 7.70. The molecule has 0 aromatic heterocycles. The molecule has 0 saturated carbocycles. The molecule has 0 radical (unpaired) electrons. The number of amidine groups is 1. The number of halogens is 2. The molecule has 5 nitrogen and oxygen atoms in total. The maximum absolute atomic E-state index is 12.6. The second-order valence-corrected chi connectivity index (χ2v) is 7.84. The molecule has 2 aromatic rings. The third kappa shape index (κ3) is 4.60. The number of rotatable bonds is 3. The third-order valence-electron chi connectivity index (χ3n) is 3.50. The van der Waals surface area contributed by atoms with Gasteiger partial charge in [0.1, 0.15) is 0 Å². The molecular weight excluding hydrogens is 407 g/mol. The fourth-order valence-electron chi connectivity index (χ4n) is 2.22. The van der Waals surface area contributed by atoms with E-state index in [-0.39, 0.29) is 26.5 Å². The van der Waals surface area contributed by atoms with E-state index in [4.69, 9.17) is 23.2 Å². The van der Waals surface area contributed by atoms with Crippen LogP contribution in [-0.2, 0) is 14.8 Å². The van der Waals surface area contributed by atoms with E-state index < -0.39 is 15.8 Å². The van der Waals surface area contributed by atoms with Crippen LogP contribution in [0.1, 0.15) is 5.56 Å². The molecule has 0 heterocycles. The van der Waals surface area contributed by atoms with E-state index in [0.717, 1.165) is 0 Å². The second kappa shape index (κ2) is 8.00. The predicted octanol–water partition coefficient (Wildman–Crippen LogP) is 4.09. The zero-order valence-corrected chi connectivity index (χ0v) is 16.0. The van der Waals surface area contributed by atoms with Crippen molar-refractivity contribution in [1.29, 1.82) is 0 Å². The van der Waals surface area contributed by atoms with Crippen molar-refractivity contribution in [2.45, 2.75) is 4.90 Å². The van der Waals surface area contributed by atoms with Gasteiger partial charge in [0.05, 0.1) is 20.7 Å². The van der Waals surface area contributed by atoms with Crippen molar-refractivity contribution < 1.29 is 13.2 Å². The Hall–Kier alpha value is -2.54. The van der Waals surface area contributed by atoms with E-state index >= 15 is 0 Å². The Labute approximate surface area is 166 Å². The number of hydrogen-bond acceptors (Lipinski definition) is 3. The molecule has 0 amide bonds. The Kier molecular flexibility index (Phi) is 5.70. The lowest BCUT2D eigenvalue weighted by atomic mass is 10.1. The molecule has 0 fully saturated rings. The maximum Gasteiger partial charge on any atom is 0.284 e. The van der Waals surface area contributed by atoms with Crippen LogP contribution in [0.3, 0.4) is 0 Å². The fourth-order valence-corrected chi connectivity index (χ4v) is 3.67. The molecule has 1 aliphatic carbocycles. The van der Waals surface area contributed by atoms with Gasteiger partial charge in [-0.15, -0.1) is 4.40 Å². The van der Waals surface area contributed by atoms with Crippen molar-refractivity contribution >= 4 is 50.6 Å². The van der Waals surface area contributed by atoms with Crippen molar-refractivity contribution in [1.82, 2.24) is 0 Å². The highest BCUT2D eigenvalue weighted by molar-refractivity contribution is 7.90. The minimum atomic E-state index is -3.99. The van der Waals surface area contributed by atoms with Crippen molar-refractivity contribution in [3.8, 4) is 0 Å². The van der Waals surface area contributed by atoms with Crippen LogP contribution in [0.4, 0.5) is 0 Å². The van der Waals surface area contributed by atoms with Crippen molar-refractivity contribution in [3.63, 3.8) is 0 Å². The van der Waals surface area contributed by atoms with Gasteiger partial charge >= 0.3 is 0 Å². The van der Waals surface area contributed by atoms with E-state index in [1.54, 1.807) is 48.5 Å². The first-order chi connectivity index (χ1) is 12.9. The smallest absolute Gasteiger partial charge is 0.284 e. The summed E-state index contributed by atoms with van der Waals surface area (Å²) in [4.78, 5) is 16.0. The lowest BCUT2D eigenvalue weighted by Gasteiger charge is -2.08. The van der Waals surface area contributed by atoms with Crippen LogP contribution in [0.2, 0.25) is 0 Å². The number of benzene rings is 2. The molecule has 0 bridgehead atoms. The van der Waals surface area contributed by atoms with Gasteiger partial charge in [-0.2, -0.15) is 8.42 Å². The first kappa shape index (κ1) is 19.2. The summed E-state index contributed by atoms with van der Waals surface area (Å²) in [7, 11) is -3.99. The highest BCUT2D eigenvalue weighted by Gasteiger charge is 2.19. The van der Waals surface area contributed by atoms with Gasteiger partial charge in [0.2, 0.25) is 5.78 Å². The summed E-state index contributed by atoms with van der Waals surface area (Å²) in [5.41, 5.74) is 0.700. The van der Waals surface area contributed by atoms with E-state index in [1.165, 1.54) is 24.3 Å². The van der Waals surface area contributed by atoms with E-state index in [9.17, 15) is 13.2 Å². The molecule has 0 saturated heterocycles. The number of nitrogens with zero attached hydrogens (tertiary/aromatic N) is 2. The molecule has 2 aromatic carbocycles. The predicted molar refractivity (Wildman–Crippen MR) is 107 cm³/mol. The van der Waals surface area contributed by atoms with Crippen LogP contribution in [0.5, 0.6) is 0 Å². The number of aliphatic imine (C=N–C) groups is 1. The SMILES string of the molecule is O=C1C(Cl)=CC(=N/C(=N/S(=O)(=O)c2ccccc2)c2ccccc2)C=C1Cl. The summed E-state index contributed by atoms with van der Waals surface area (Å²) in [6.45, 7) is 0. The number of hydrogen-bond donors (Lipinski definition) is 0. The van der Waals surface area contributed by atoms with Gasteiger partial charge in [-0.25, -0.2) is 4.99 Å². The molecule has 136 valence electrons. The van der Waals surface area contributed by atoms with Crippen LogP contribution in [-0.4, -0.2) is 25.7 Å². The number of carbonyl (C=O) groups excluding carboxylic acids is 1. The van der Waals surface area contributed by atoms with Gasteiger partial charge in [0, 0.05) is 5.56 Å². The lowest BCUT2D eigenvalue weighted by Crippen LogP contribution is -2.11. The van der Waals surface area contributed by atoms with Gasteiger partial charge in [-0.3, -0.25) is 4.79 Å². The van der Waals surface area contributed by atoms with Gasteiger partial charge in [0.25, 0.3) is 10.0 Å². The highest BCUT2D eigenvalue weighted by Crippen LogP contribution is 2.20. The first-order valence-corrected chi connectivity index (χ1v) is 9.90. The Morgan fingerprint density at radius 3 is 1.89 bits per heavy atom. The standard InChI is InChI=1S/C19H12Cl2N2O3S/c20-16-11-14(12-17(21)18(16)24)22-19(13-7-3-1-4-8-13)23-27(25,26)15-9-5-2-6-10-15/h1-12H/b23-19+. The van der Waals surface area contributed by atoms with Crippen molar-refractivity contribution in [2.24, 2.45) is 9.39 Å². The van der Waals surface area contributed by atoms with Crippen LogP contribution in [0.15, 0.2) is 97.2 Å². The fraction of sp³-hybridized carbons (Fsp3) is 0. The topological polar surface area (TPSA) is 75.9 Å². The third-order valence-corrected chi connectivity index (χ3v) is 5.34. The number of carbonyl (C=O) groups is 1. The normalized spacial score (nSPS) is 15.3. The van der Waals surface area contributed by atoms with E-state index in [2.05, 4.69) is 9.39 Å². The van der Waals surface area contributed by atoms with E-state index in [1.807, 2.05) is 0 Å². The largest absolute Gasteiger partial charge is 0.287 e. The second-order valence-electron chi connectivity index (χ2n) is 5.42. The quantitative estimate of drug-likeness (QED) is 0.427. The molecule has 0 aliphatic heterocycles. The number of sulfonamides is 1. The average molecular weight is 419 g/mol. The lowest BCUT2D eigenvalue weighted by molar-refractivity contribution is -0.111. The summed E-state index contributed by atoms with van der Waals surface area (Å²) in [5.74, 6) is -0.572. The van der Waals surface area contributed by atoms with Crippen LogP contribution < -0.4 is 0 Å². The Bertz CT molecular complexity index is 1080. The molecule has 0 atom stereocenters. The number of Topliss-reactive ketones (excluding diaryl/α,β-unsaturated/α-hetero) is 1. The molecule has 0 unspecified atom stereocenters. The molecule has 0 N–H and O–H groups in total. The Morgan fingerprint density at radius 2 is 1.33 bits per heavy atom. The minimum Gasteiger partial charge on any atom is -0.287 e. The summed E-state index contributed by atoms with van der Waals surface area (Å²) < 4.78 is 29.2. The maximum atomic E-state index is 12.6. The summed E-state index contributed by atoms with van der Waals surface area (Å²) >= 11 is 11.7. The monoisotopic (exact) mass is 418 g/mol. The summed E-state index contributed by atoms with van der Waals surface area (Å²) in [6, 6.07) is 16.4.